The van der Waals surface area contributed by atoms with Gasteiger partial charge in [-0.2, -0.15) is 0 Å². The van der Waals surface area contributed by atoms with E-state index in [1.807, 2.05) is 30.3 Å². The van der Waals surface area contributed by atoms with E-state index in [1.54, 1.807) is 13.2 Å². The number of hydrogen-bond acceptors (Lipinski definition) is 5. The molecule has 1 aliphatic heterocycles. The number of methoxy groups -OCH3 is 1. The monoisotopic (exact) mass is 396 g/mol. The average molecular weight is 396 g/mol. The Morgan fingerprint density at radius 1 is 1.17 bits per heavy atom. The van der Waals surface area contributed by atoms with Crippen molar-refractivity contribution in [3.8, 4) is 17.2 Å². The molecule has 0 radical (unpaired) electrons. The van der Waals surface area contributed by atoms with Crippen molar-refractivity contribution in [3.63, 3.8) is 0 Å². The van der Waals surface area contributed by atoms with Gasteiger partial charge in [0.05, 0.1) is 7.11 Å². The van der Waals surface area contributed by atoms with Crippen LogP contribution in [0, 0.1) is 0 Å². The third kappa shape index (κ3) is 5.91. The van der Waals surface area contributed by atoms with Crippen LogP contribution in [0.2, 0.25) is 0 Å². The van der Waals surface area contributed by atoms with E-state index in [0.717, 1.165) is 24.9 Å². The minimum atomic E-state index is -0.115. The highest BCUT2D eigenvalue weighted by molar-refractivity contribution is 5.91. The summed E-state index contributed by atoms with van der Waals surface area (Å²) < 4.78 is 16.6. The molecule has 0 bridgehead atoms. The van der Waals surface area contributed by atoms with Gasteiger partial charge >= 0.3 is 0 Å². The van der Waals surface area contributed by atoms with Gasteiger partial charge in [0.2, 0.25) is 11.7 Å². The predicted octanol–water partition coefficient (Wildman–Crippen LogP) is 3.51. The SMILES string of the molecule is COc1cc(/C=C/C(=O)NCCCCN(C)c2ccccc2)cc2c1OCCO2. The highest BCUT2D eigenvalue weighted by Gasteiger charge is 2.17. The predicted molar refractivity (Wildman–Crippen MR) is 115 cm³/mol. The number of benzene rings is 2. The molecular formula is C23H28N2O4. The van der Waals surface area contributed by atoms with Crippen molar-refractivity contribution in [3.05, 3.63) is 54.1 Å². The van der Waals surface area contributed by atoms with Crippen LogP contribution in [0.5, 0.6) is 17.2 Å². The van der Waals surface area contributed by atoms with Gasteiger partial charge in [-0.05, 0) is 48.7 Å². The molecule has 1 N–H and O–H groups in total. The third-order valence-corrected chi connectivity index (χ3v) is 4.69. The Hall–Kier alpha value is -3.15. The zero-order chi connectivity index (χ0) is 20.5. The molecule has 3 rings (SSSR count). The van der Waals surface area contributed by atoms with Crippen molar-refractivity contribution in [2.24, 2.45) is 0 Å². The van der Waals surface area contributed by atoms with Crippen molar-refractivity contribution < 1.29 is 19.0 Å². The van der Waals surface area contributed by atoms with Gasteiger partial charge in [0.15, 0.2) is 11.5 Å². The standard InChI is InChI=1S/C23H28N2O4/c1-25(19-8-4-3-5-9-19)13-7-6-12-24-22(26)11-10-18-16-20(27-2)23-21(17-18)28-14-15-29-23/h3-5,8-11,16-17H,6-7,12-15H2,1-2H3,(H,24,26)/b11-10+. The molecule has 29 heavy (non-hydrogen) atoms. The third-order valence-electron chi connectivity index (χ3n) is 4.69. The molecule has 2 aromatic rings. The molecule has 0 aliphatic carbocycles. The van der Waals surface area contributed by atoms with Gasteiger partial charge in [-0.25, -0.2) is 0 Å². The van der Waals surface area contributed by atoms with Crippen LogP contribution >= 0.6 is 0 Å². The molecule has 0 spiro atoms. The van der Waals surface area contributed by atoms with Gasteiger partial charge < -0.3 is 24.4 Å². The molecule has 1 amide bonds. The summed E-state index contributed by atoms with van der Waals surface area (Å²) in [5, 5.41) is 2.93. The van der Waals surface area contributed by atoms with Gasteiger partial charge in [0, 0.05) is 31.9 Å². The van der Waals surface area contributed by atoms with Gasteiger partial charge in [-0.15, -0.1) is 0 Å². The minimum Gasteiger partial charge on any atom is -0.493 e. The normalized spacial score (nSPS) is 12.6. The van der Waals surface area contributed by atoms with E-state index in [1.165, 1.54) is 11.8 Å². The van der Waals surface area contributed by atoms with Crippen molar-refractivity contribution in [2.45, 2.75) is 12.8 Å². The first-order valence-corrected chi connectivity index (χ1v) is 9.87. The molecule has 0 unspecified atom stereocenters. The molecule has 6 heteroatoms. The lowest BCUT2D eigenvalue weighted by Gasteiger charge is -2.20. The topological polar surface area (TPSA) is 60.0 Å². The van der Waals surface area contributed by atoms with Gasteiger partial charge in [-0.1, -0.05) is 18.2 Å². The number of fused-ring (bicyclic) bond motifs is 1. The summed E-state index contributed by atoms with van der Waals surface area (Å²) >= 11 is 0. The number of para-hydroxylation sites is 1. The largest absolute Gasteiger partial charge is 0.493 e. The lowest BCUT2D eigenvalue weighted by Crippen LogP contribution is -2.24. The van der Waals surface area contributed by atoms with Crippen LogP contribution in [0.25, 0.3) is 6.08 Å². The van der Waals surface area contributed by atoms with E-state index in [2.05, 4.69) is 29.4 Å². The number of amides is 1. The molecule has 2 aromatic carbocycles. The summed E-state index contributed by atoms with van der Waals surface area (Å²) in [6.45, 7) is 2.61. The molecule has 0 saturated carbocycles. The van der Waals surface area contributed by atoms with E-state index in [9.17, 15) is 4.79 Å². The van der Waals surface area contributed by atoms with Crippen molar-refractivity contribution in [1.29, 1.82) is 0 Å². The van der Waals surface area contributed by atoms with Crippen LogP contribution < -0.4 is 24.4 Å². The minimum absolute atomic E-state index is 0.115. The number of hydrogen-bond donors (Lipinski definition) is 1. The lowest BCUT2D eigenvalue weighted by atomic mass is 10.1. The first kappa shape index (κ1) is 20.6. The van der Waals surface area contributed by atoms with Crippen LogP contribution in [0.15, 0.2) is 48.5 Å². The zero-order valence-corrected chi connectivity index (χ0v) is 17.0. The summed E-state index contributed by atoms with van der Waals surface area (Å²) in [5.74, 6) is 1.74. The molecule has 0 fully saturated rings. The van der Waals surface area contributed by atoms with Crippen LogP contribution in [-0.2, 0) is 4.79 Å². The number of ether oxygens (including phenoxy) is 3. The Morgan fingerprint density at radius 2 is 1.97 bits per heavy atom. The van der Waals surface area contributed by atoms with Crippen molar-refractivity contribution >= 4 is 17.7 Å². The smallest absolute Gasteiger partial charge is 0.243 e. The fourth-order valence-corrected chi connectivity index (χ4v) is 3.12. The van der Waals surface area contributed by atoms with Crippen LogP contribution in [0.4, 0.5) is 5.69 Å². The molecule has 6 nitrogen and oxygen atoms in total. The van der Waals surface area contributed by atoms with E-state index in [-0.39, 0.29) is 5.91 Å². The van der Waals surface area contributed by atoms with Gasteiger partial charge in [-0.3, -0.25) is 4.79 Å². The Bertz CT molecular complexity index is 819. The molecule has 1 heterocycles. The Morgan fingerprint density at radius 3 is 2.76 bits per heavy atom. The summed E-state index contributed by atoms with van der Waals surface area (Å²) in [5.41, 5.74) is 2.03. The highest BCUT2D eigenvalue weighted by Crippen LogP contribution is 2.40. The van der Waals surface area contributed by atoms with Crippen LogP contribution in [0.1, 0.15) is 18.4 Å². The number of nitrogens with zero attached hydrogens (tertiary/aromatic N) is 1. The van der Waals surface area contributed by atoms with Gasteiger partial charge in [0.25, 0.3) is 0 Å². The van der Waals surface area contributed by atoms with E-state index in [4.69, 9.17) is 14.2 Å². The average Bonchev–Trinajstić information content (AvgIpc) is 2.77. The zero-order valence-electron chi connectivity index (χ0n) is 17.0. The maximum Gasteiger partial charge on any atom is 0.243 e. The number of nitrogens with one attached hydrogen (secondary N) is 1. The fourth-order valence-electron chi connectivity index (χ4n) is 3.12. The fraction of sp³-hybridized carbons (Fsp3) is 0.348. The number of unbranched alkanes of at least 4 members (excludes halogenated alkanes) is 1. The second-order valence-electron chi connectivity index (χ2n) is 6.84. The molecule has 0 aromatic heterocycles. The quantitative estimate of drug-likeness (QED) is 0.519. The molecule has 154 valence electrons. The van der Waals surface area contributed by atoms with Crippen molar-refractivity contribution in [1.82, 2.24) is 5.32 Å². The van der Waals surface area contributed by atoms with Crippen LogP contribution in [0.3, 0.4) is 0 Å². The number of rotatable bonds is 9. The Kier molecular flexibility index (Phi) is 7.39. The maximum absolute atomic E-state index is 12.1. The van der Waals surface area contributed by atoms with Crippen LogP contribution in [-0.4, -0.2) is 46.4 Å². The molecule has 0 saturated heterocycles. The number of carbonyl (C=O) groups excluding carboxylic acids is 1. The lowest BCUT2D eigenvalue weighted by molar-refractivity contribution is -0.116. The van der Waals surface area contributed by atoms with E-state index in [0.29, 0.717) is 37.0 Å². The van der Waals surface area contributed by atoms with Gasteiger partial charge in [0.1, 0.15) is 13.2 Å². The summed E-state index contributed by atoms with van der Waals surface area (Å²) in [7, 11) is 3.67. The number of carbonyl (C=O) groups is 1. The molecule has 1 aliphatic rings. The van der Waals surface area contributed by atoms with Crippen molar-refractivity contribution in [2.75, 3.05) is 45.4 Å². The summed E-state index contributed by atoms with van der Waals surface area (Å²) in [6.07, 6.45) is 5.21. The highest BCUT2D eigenvalue weighted by atomic mass is 16.6. The Balaban J connectivity index is 1.42. The first-order valence-electron chi connectivity index (χ1n) is 9.87. The van der Waals surface area contributed by atoms with E-state index < -0.39 is 0 Å². The van der Waals surface area contributed by atoms with E-state index >= 15 is 0 Å². The maximum atomic E-state index is 12.1. The number of anilines is 1. The second-order valence-corrected chi connectivity index (χ2v) is 6.84. The summed E-state index contributed by atoms with van der Waals surface area (Å²) in [6, 6.07) is 14.0. The molecule has 0 atom stereocenters. The Labute approximate surface area is 172 Å². The summed E-state index contributed by atoms with van der Waals surface area (Å²) in [4.78, 5) is 14.3. The molecular weight excluding hydrogens is 368 g/mol. The second kappa shape index (κ2) is 10.4. The first-order chi connectivity index (χ1) is 14.2.